The number of carbonyl (C=O) groups is 1. The summed E-state index contributed by atoms with van der Waals surface area (Å²) in [7, 11) is 0. The van der Waals surface area contributed by atoms with Crippen molar-refractivity contribution in [1.29, 1.82) is 0 Å². The van der Waals surface area contributed by atoms with Gasteiger partial charge in [0.05, 0.1) is 0 Å². The van der Waals surface area contributed by atoms with Crippen LogP contribution in [0.2, 0.25) is 0 Å². The monoisotopic (exact) mass is 262 g/mol. The summed E-state index contributed by atoms with van der Waals surface area (Å²) in [5.74, 6) is 1.88. The smallest absolute Gasteiger partial charge is 0.220 e. The number of carbonyl (C=O) groups excluding carboxylic acids is 1. The van der Waals surface area contributed by atoms with E-state index in [4.69, 9.17) is 0 Å². The molecule has 0 unspecified atom stereocenters. The van der Waals surface area contributed by atoms with Gasteiger partial charge >= 0.3 is 0 Å². The quantitative estimate of drug-likeness (QED) is 0.820. The molecule has 3 nitrogen and oxygen atoms in total. The van der Waals surface area contributed by atoms with E-state index in [0.717, 1.165) is 18.5 Å². The van der Waals surface area contributed by atoms with Crippen LogP contribution in [0.5, 0.6) is 0 Å². The molecule has 0 aliphatic rings. The second-order valence-corrected chi connectivity index (χ2v) is 5.81. The van der Waals surface area contributed by atoms with Crippen LogP contribution in [0, 0.1) is 17.8 Å². The van der Waals surface area contributed by atoms with Gasteiger partial charge in [-0.25, -0.2) is 0 Å². The van der Waals surface area contributed by atoms with E-state index in [2.05, 4.69) is 38.0 Å². The highest BCUT2D eigenvalue weighted by atomic mass is 16.1. The highest BCUT2D eigenvalue weighted by Crippen LogP contribution is 2.19. The second kappa shape index (κ2) is 7.93. The maximum absolute atomic E-state index is 11.8. The molecule has 1 amide bonds. The largest absolute Gasteiger partial charge is 0.356 e. The topological polar surface area (TPSA) is 42.0 Å². The summed E-state index contributed by atoms with van der Waals surface area (Å²) in [5.41, 5.74) is 1.16. The van der Waals surface area contributed by atoms with Crippen LogP contribution >= 0.6 is 0 Å². The molecule has 1 aromatic rings. The van der Waals surface area contributed by atoms with E-state index in [1.165, 1.54) is 0 Å². The van der Waals surface area contributed by atoms with Crippen molar-refractivity contribution in [3.63, 3.8) is 0 Å². The highest BCUT2D eigenvalue weighted by Gasteiger charge is 2.17. The lowest BCUT2D eigenvalue weighted by Crippen LogP contribution is -2.34. The summed E-state index contributed by atoms with van der Waals surface area (Å²) in [4.78, 5) is 15.8. The Morgan fingerprint density at radius 1 is 1.16 bits per heavy atom. The molecule has 1 rings (SSSR count). The average Bonchev–Trinajstić information content (AvgIpc) is 2.37. The van der Waals surface area contributed by atoms with Gasteiger partial charge in [0.15, 0.2) is 0 Å². The van der Waals surface area contributed by atoms with Gasteiger partial charge < -0.3 is 5.32 Å². The van der Waals surface area contributed by atoms with Gasteiger partial charge in [-0.05, 0) is 41.9 Å². The molecule has 0 saturated heterocycles. The highest BCUT2D eigenvalue weighted by molar-refractivity contribution is 5.76. The minimum atomic E-state index is 0.142. The number of aromatic nitrogens is 1. The maximum Gasteiger partial charge on any atom is 0.220 e. The first-order chi connectivity index (χ1) is 9.00. The third-order valence-electron chi connectivity index (χ3n) is 3.64. The lowest BCUT2D eigenvalue weighted by atomic mass is 9.85. The molecular weight excluding hydrogens is 236 g/mol. The Morgan fingerprint density at radius 2 is 1.74 bits per heavy atom. The normalized spacial score (nSPS) is 11.3. The molecule has 0 aliphatic heterocycles. The van der Waals surface area contributed by atoms with Crippen LogP contribution in [-0.4, -0.2) is 17.4 Å². The molecule has 1 N–H and O–H groups in total. The number of rotatable bonds is 7. The van der Waals surface area contributed by atoms with Gasteiger partial charge in [-0.15, -0.1) is 0 Å². The lowest BCUT2D eigenvalue weighted by molar-refractivity contribution is -0.121. The Kier molecular flexibility index (Phi) is 6.54. The first kappa shape index (κ1) is 15.7. The van der Waals surface area contributed by atoms with Crippen LogP contribution in [0.1, 0.15) is 39.7 Å². The van der Waals surface area contributed by atoms with E-state index in [-0.39, 0.29) is 5.91 Å². The molecule has 0 spiro atoms. The maximum atomic E-state index is 11.8. The number of nitrogens with zero attached hydrogens (tertiary/aromatic N) is 1. The zero-order valence-corrected chi connectivity index (χ0v) is 12.5. The van der Waals surface area contributed by atoms with E-state index in [9.17, 15) is 4.79 Å². The molecule has 0 atom stereocenters. The molecule has 0 bridgehead atoms. The first-order valence-electron chi connectivity index (χ1n) is 7.16. The summed E-state index contributed by atoms with van der Waals surface area (Å²) in [6, 6.07) is 3.91. The van der Waals surface area contributed by atoms with Crippen molar-refractivity contribution in [1.82, 2.24) is 10.3 Å². The molecule has 1 aromatic heterocycles. The third-order valence-corrected chi connectivity index (χ3v) is 3.64. The second-order valence-electron chi connectivity index (χ2n) is 5.81. The van der Waals surface area contributed by atoms with Crippen LogP contribution in [0.4, 0.5) is 0 Å². The number of nitrogens with one attached hydrogen (secondary N) is 1. The van der Waals surface area contributed by atoms with Crippen molar-refractivity contribution in [3.05, 3.63) is 30.1 Å². The van der Waals surface area contributed by atoms with Gasteiger partial charge in [-0.2, -0.15) is 0 Å². The average molecular weight is 262 g/mol. The van der Waals surface area contributed by atoms with Crippen LogP contribution in [0.3, 0.4) is 0 Å². The first-order valence-corrected chi connectivity index (χ1v) is 7.16. The fourth-order valence-corrected chi connectivity index (χ4v) is 2.37. The summed E-state index contributed by atoms with van der Waals surface area (Å²) >= 11 is 0. The van der Waals surface area contributed by atoms with Crippen molar-refractivity contribution in [3.8, 4) is 0 Å². The van der Waals surface area contributed by atoms with Crippen molar-refractivity contribution in [2.75, 3.05) is 6.54 Å². The van der Waals surface area contributed by atoms with Crippen molar-refractivity contribution in [2.45, 2.75) is 40.5 Å². The predicted octanol–water partition coefficient (Wildman–Crippen LogP) is 3.06. The van der Waals surface area contributed by atoms with Crippen molar-refractivity contribution in [2.24, 2.45) is 17.8 Å². The molecule has 106 valence electrons. The standard InChI is InChI=1S/C16H26N2O/c1-12(2)15(13(3)4)11-18-16(19)6-5-14-7-9-17-10-8-14/h7-10,12-13,15H,5-6,11H2,1-4H3,(H,18,19). The van der Waals surface area contributed by atoms with E-state index < -0.39 is 0 Å². The van der Waals surface area contributed by atoms with Crippen LogP contribution in [0.15, 0.2) is 24.5 Å². The Morgan fingerprint density at radius 3 is 2.26 bits per heavy atom. The Labute approximate surface area is 116 Å². The van der Waals surface area contributed by atoms with Gasteiger partial charge in [0, 0.05) is 25.4 Å². The minimum absolute atomic E-state index is 0.142. The zero-order valence-electron chi connectivity index (χ0n) is 12.5. The van der Waals surface area contributed by atoms with Gasteiger partial charge in [-0.1, -0.05) is 27.7 Å². The van der Waals surface area contributed by atoms with Gasteiger partial charge in [0.25, 0.3) is 0 Å². The third kappa shape index (κ3) is 5.86. The Bertz CT molecular complexity index is 366. The Balaban J connectivity index is 2.31. The fourth-order valence-electron chi connectivity index (χ4n) is 2.37. The number of pyridine rings is 1. The molecule has 0 aromatic carbocycles. The summed E-state index contributed by atoms with van der Waals surface area (Å²) in [6.45, 7) is 9.65. The van der Waals surface area contributed by atoms with Gasteiger partial charge in [0.2, 0.25) is 5.91 Å². The molecular formula is C16H26N2O. The zero-order chi connectivity index (χ0) is 14.3. The molecule has 1 heterocycles. The molecule has 0 radical (unpaired) electrons. The fraction of sp³-hybridized carbons (Fsp3) is 0.625. The van der Waals surface area contributed by atoms with E-state index in [0.29, 0.717) is 24.2 Å². The lowest BCUT2D eigenvalue weighted by Gasteiger charge is -2.25. The number of hydrogen-bond donors (Lipinski definition) is 1. The van der Waals surface area contributed by atoms with E-state index >= 15 is 0 Å². The molecule has 0 aliphatic carbocycles. The summed E-state index contributed by atoms with van der Waals surface area (Å²) < 4.78 is 0. The number of hydrogen-bond acceptors (Lipinski definition) is 2. The van der Waals surface area contributed by atoms with Crippen molar-refractivity contribution >= 4 is 5.91 Å². The van der Waals surface area contributed by atoms with Crippen LogP contribution in [0.25, 0.3) is 0 Å². The SMILES string of the molecule is CC(C)C(CNC(=O)CCc1ccncc1)C(C)C. The summed E-state index contributed by atoms with van der Waals surface area (Å²) in [6.07, 6.45) is 4.86. The number of amides is 1. The van der Waals surface area contributed by atoms with Crippen molar-refractivity contribution < 1.29 is 4.79 Å². The number of aryl methyl sites for hydroxylation is 1. The predicted molar refractivity (Wildman–Crippen MR) is 78.7 cm³/mol. The van der Waals surface area contributed by atoms with E-state index in [1.54, 1.807) is 12.4 Å². The van der Waals surface area contributed by atoms with Crippen LogP contribution in [-0.2, 0) is 11.2 Å². The molecule has 0 saturated carbocycles. The summed E-state index contributed by atoms with van der Waals surface area (Å²) in [5, 5.41) is 3.06. The van der Waals surface area contributed by atoms with Gasteiger partial charge in [-0.3, -0.25) is 9.78 Å². The van der Waals surface area contributed by atoms with Crippen LogP contribution < -0.4 is 5.32 Å². The molecule has 19 heavy (non-hydrogen) atoms. The molecule has 3 heteroatoms. The minimum Gasteiger partial charge on any atom is -0.356 e. The van der Waals surface area contributed by atoms with E-state index in [1.807, 2.05) is 12.1 Å². The Hall–Kier alpha value is -1.38. The molecule has 0 fully saturated rings. The van der Waals surface area contributed by atoms with Gasteiger partial charge in [0.1, 0.15) is 0 Å².